The Morgan fingerprint density at radius 1 is 1.44 bits per heavy atom. The monoisotopic (exact) mass is 221 g/mol. The Kier molecular flexibility index (Phi) is 4.79. The van der Waals surface area contributed by atoms with Crippen molar-refractivity contribution in [1.29, 1.82) is 0 Å². The molecule has 0 bridgehead atoms. The van der Waals surface area contributed by atoms with E-state index in [1.165, 1.54) is 11.1 Å². The van der Waals surface area contributed by atoms with E-state index in [1.54, 1.807) is 0 Å². The fraction of sp³-hybridized carbons (Fsp3) is 0.455. The van der Waals surface area contributed by atoms with Gasteiger partial charge in [-0.3, -0.25) is 0 Å². The van der Waals surface area contributed by atoms with Crippen LogP contribution in [0.2, 0.25) is 0 Å². The van der Waals surface area contributed by atoms with Gasteiger partial charge in [0.2, 0.25) is 0 Å². The van der Waals surface area contributed by atoms with Crippen molar-refractivity contribution in [2.45, 2.75) is 26.7 Å². The van der Waals surface area contributed by atoms with Crippen molar-refractivity contribution in [3.8, 4) is 0 Å². The van der Waals surface area contributed by atoms with Gasteiger partial charge in [-0.2, -0.15) is 0 Å². The SMILES string of the molecule is Cc1ccc(COCC(O)N=[N+]=[N-])cc1C. The molecule has 0 aliphatic heterocycles. The summed E-state index contributed by atoms with van der Waals surface area (Å²) in [6, 6.07) is 6.04. The molecule has 0 amide bonds. The second kappa shape index (κ2) is 6.12. The van der Waals surface area contributed by atoms with E-state index in [0.29, 0.717) is 6.61 Å². The van der Waals surface area contributed by atoms with Crippen LogP contribution in [0.25, 0.3) is 10.4 Å². The van der Waals surface area contributed by atoms with Crippen molar-refractivity contribution in [3.05, 3.63) is 45.3 Å². The number of ether oxygens (including phenoxy) is 1. The van der Waals surface area contributed by atoms with Crippen LogP contribution >= 0.6 is 0 Å². The maximum absolute atomic E-state index is 9.08. The van der Waals surface area contributed by atoms with Gasteiger partial charge in [-0.25, -0.2) is 0 Å². The second-order valence-electron chi connectivity index (χ2n) is 3.62. The van der Waals surface area contributed by atoms with Crippen LogP contribution in [0.5, 0.6) is 0 Å². The molecule has 1 unspecified atom stereocenters. The number of aryl methyl sites for hydroxylation is 2. The third-order valence-electron chi connectivity index (χ3n) is 2.29. The quantitative estimate of drug-likeness (QED) is 0.471. The first-order valence-corrected chi connectivity index (χ1v) is 4.99. The molecule has 0 radical (unpaired) electrons. The maximum Gasteiger partial charge on any atom is 0.156 e. The molecular formula is C11H15N3O2. The molecule has 0 aromatic heterocycles. The standard InChI is InChI=1S/C11H15N3O2/c1-8-3-4-10(5-9(8)2)6-16-7-11(15)13-14-12/h3-5,11,15H,6-7H2,1-2H3. The Morgan fingerprint density at radius 3 is 2.81 bits per heavy atom. The van der Waals surface area contributed by atoms with Gasteiger partial charge in [0, 0.05) is 4.91 Å². The van der Waals surface area contributed by atoms with Crippen molar-refractivity contribution >= 4 is 0 Å². The normalized spacial score (nSPS) is 11.9. The van der Waals surface area contributed by atoms with E-state index in [9.17, 15) is 0 Å². The van der Waals surface area contributed by atoms with E-state index in [2.05, 4.69) is 10.0 Å². The van der Waals surface area contributed by atoms with Crippen molar-refractivity contribution in [2.24, 2.45) is 5.11 Å². The summed E-state index contributed by atoms with van der Waals surface area (Å²) in [6.07, 6.45) is -1.11. The minimum atomic E-state index is -1.11. The Bertz CT molecular complexity index is 400. The lowest BCUT2D eigenvalue weighted by atomic mass is 10.1. The van der Waals surface area contributed by atoms with Crippen LogP contribution in [0.3, 0.4) is 0 Å². The molecule has 0 saturated heterocycles. The highest BCUT2D eigenvalue weighted by Gasteiger charge is 2.01. The highest BCUT2D eigenvalue weighted by molar-refractivity contribution is 5.29. The zero-order valence-corrected chi connectivity index (χ0v) is 9.42. The first-order valence-electron chi connectivity index (χ1n) is 4.99. The molecule has 16 heavy (non-hydrogen) atoms. The smallest absolute Gasteiger partial charge is 0.156 e. The number of azide groups is 1. The molecule has 0 fully saturated rings. The molecule has 86 valence electrons. The lowest BCUT2D eigenvalue weighted by Gasteiger charge is -2.07. The second-order valence-corrected chi connectivity index (χ2v) is 3.62. The van der Waals surface area contributed by atoms with E-state index in [1.807, 2.05) is 32.0 Å². The summed E-state index contributed by atoms with van der Waals surface area (Å²) < 4.78 is 5.21. The first-order chi connectivity index (χ1) is 7.63. The van der Waals surface area contributed by atoms with Gasteiger partial charge in [0.25, 0.3) is 0 Å². The predicted octanol–water partition coefficient (Wildman–Crippen LogP) is 2.45. The van der Waals surface area contributed by atoms with Crippen LogP contribution in [0, 0.1) is 13.8 Å². The van der Waals surface area contributed by atoms with Crippen molar-refractivity contribution < 1.29 is 9.84 Å². The van der Waals surface area contributed by atoms with Gasteiger partial charge in [0.15, 0.2) is 6.23 Å². The Labute approximate surface area is 94.3 Å². The minimum Gasteiger partial charge on any atom is -0.385 e. The average molecular weight is 221 g/mol. The van der Waals surface area contributed by atoms with Crippen LogP contribution < -0.4 is 0 Å². The summed E-state index contributed by atoms with van der Waals surface area (Å²) in [6.45, 7) is 4.50. The zero-order chi connectivity index (χ0) is 12.0. The van der Waals surface area contributed by atoms with E-state index < -0.39 is 6.23 Å². The molecule has 0 heterocycles. The van der Waals surface area contributed by atoms with Crippen LogP contribution in [0.4, 0.5) is 0 Å². The summed E-state index contributed by atoms with van der Waals surface area (Å²) in [4.78, 5) is 2.48. The summed E-state index contributed by atoms with van der Waals surface area (Å²) in [5, 5.41) is 12.2. The Hall–Kier alpha value is -1.55. The number of rotatable bonds is 5. The molecule has 1 N–H and O–H groups in total. The minimum absolute atomic E-state index is 0.0109. The Balaban J connectivity index is 2.43. The highest BCUT2D eigenvalue weighted by atomic mass is 16.5. The molecule has 5 nitrogen and oxygen atoms in total. The number of aliphatic hydroxyl groups excluding tert-OH is 1. The van der Waals surface area contributed by atoms with Crippen molar-refractivity contribution in [2.75, 3.05) is 6.61 Å². The molecule has 0 aliphatic rings. The van der Waals surface area contributed by atoms with Gasteiger partial charge >= 0.3 is 0 Å². The van der Waals surface area contributed by atoms with E-state index in [-0.39, 0.29) is 6.61 Å². The van der Waals surface area contributed by atoms with Crippen molar-refractivity contribution in [3.63, 3.8) is 0 Å². The molecule has 0 saturated carbocycles. The Morgan fingerprint density at radius 2 is 2.19 bits per heavy atom. The third kappa shape index (κ3) is 3.90. The van der Waals surface area contributed by atoms with Gasteiger partial charge in [-0.1, -0.05) is 23.3 Å². The van der Waals surface area contributed by atoms with E-state index in [4.69, 9.17) is 15.4 Å². The van der Waals surface area contributed by atoms with Gasteiger partial charge in [-0.15, -0.1) is 0 Å². The predicted molar refractivity (Wildman–Crippen MR) is 60.7 cm³/mol. The van der Waals surface area contributed by atoms with Gasteiger partial charge in [0.1, 0.15) is 0 Å². The fourth-order valence-corrected chi connectivity index (χ4v) is 1.27. The topological polar surface area (TPSA) is 78.2 Å². The van der Waals surface area contributed by atoms with Gasteiger partial charge in [0.05, 0.1) is 13.2 Å². The summed E-state index contributed by atoms with van der Waals surface area (Å²) in [7, 11) is 0. The molecule has 1 aromatic carbocycles. The summed E-state index contributed by atoms with van der Waals surface area (Å²) in [5.74, 6) is 0. The summed E-state index contributed by atoms with van der Waals surface area (Å²) >= 11 is 0. The molecule has 1 aromatic rings. The third-order valence-corrected chi connectivity index (χ3v) is 2.29. The highest BCUT2D eigenvalue weighted by Crippen LogP contribution is 2.10. The number of hydrogen-bond acceptors (Lipinski definition) is 3. The molecule has 5 heteroatoms. The van der Waals surface area contributed by atoms with Crippen LogP contribution in [0.15, 0.2) is 23.3 Å². The van der Waals surface area contributed by atoms with Crippen LogP contribution in [-0.2, 0) is 11.3 Å². The molecule has 0 spiro atoms. The molecule has 1 atom stereocenters. The number of nitrogens with zero attached hydrogens (tertiary/aromatic N) is 3. The zero-order valence-electron chi connectivity index (χ0n) is 9.42. The summed E-state index contributed by atoms with van der Waals surface area (Å²) in [5.41, 5.74) is 11.5. The number of hydrogen-bond donors (Lipinski definition) is 1. The van der Waals surface area contributed by atoms with Crippen LogP contribution in [-0.4, -0.2) is 17.9 Å². The average Bonchev–Trinajstić information content (AvgIpc) is 2.24. The van der Waals surface area contributed by atoms with Gasteiger partial charge < -0.3 is 9.84 Å². The van der Waals surface area contributed by atoms with Crippen molar-refractivity contribution in [1.82, 2.24) is 0 Å². The lowest BCUT2D eigenvalue weighted by Crippen LogP contribution is -2.11. The van der Waals surface area contributed by atoms with Gasteiger partial charge in [-0.05, 0) is 36.1 Å². The number of aliphatic hydroxyl groups is 1. The lowest BCUT2D eigenvalue weighted by molar-refractivity contribution is 0.0320. The molecule has 0 aliphatic carbocycles. The molecule has 1 rings (SSSR count). The maximum atomic E-state index is 9.08. The number of benzene rings is 1. The largest absolute Gasteiger partial charge is 0.385 e. The van der Waals surface area contributed by atoms with E-state index >= 15 is 0 Å². The first kappa shape index (κ1) is 12.5. The van der Waals surface area contributed by atoms with E-state index in [0.717, 1.165) is 5.56 Å². The fourth-order valence-electron chi connectivity index (χ4n) is 1.27. The van der Waals surface area contributed by atoms with Crippen LogP contribution in [0.1, 0.15) is 16.7 Å². The molecular weight excluding hydrogens is 206 g/mol.